The molecule has 0 saturated carbocycles. The molecule has 0 heterocycles. The van der Waals surface area contributed by atoms with E-state index in [1.807, 2.05) is 45.9 Å². The highest BCUT2D eigenvalue weighted by molar-refractivity contribution is 5.93. The van der Waals surface area contributed by atoms with Gasteiger partial charge in [0.25, 0.3) is 0 Å². The Balaban J connectivity index is 2.06. The Bertz CT molecular complexity index is 1020. The van der Waals surface area contributed by atoms with E-state index >= 15 is 0 Å². The maximum atomic E-state index is 12.8. The molecule has 4 heteroatoms. The Morgan fingerprint density at radius 3 is 1.59 bits per heavy atom. The van der Waals surface area contributed by atoms with Gasteiger partial charge in [-0.2, -0.15) is 0 Å². The Morgan fingerprint density at radius 2 is 1.14 bits per heavy atom. The molecule has 0 unspecified atom stereocenters. The smallest absolute Gasteiger partial charge is 0.343 e. The molecule has 4 nitrogen and oxygen atoms in total. The molecule has 0 radical (unpaired) electrons. The van der Waals surface area contributed by atoms with Crippen LogP contribution in [0.25, 0.3) is 0 Å². The predicted molar refractivity (Wildman–Crippen MR) is 113 cm³/mol. The first-order valence-corrected chi connectivity index (χ1v) is 9.57. The van der Waals surface area contributed by atoms with Gasteiger partial charge in [0.2, 0.25) is 0 Å². The van der Waals surface area contributed by atoms with Gasteiger partial charge in [0, 0.05) is 5.56 Å². The number of carbonyl (C=O) groups is 2. The molecule has 0 aliphatic heterocycles. The van der Waals surface area contributed by atoms with Crippen molar-refractivity contribution in [3.63, 3.8) is 0 Å². The molecule has 3 aromatic carbocycles. The molecule has 3 rings (SSSR count). The zero-order chi connectivity index (χ0) is 21.0. The minimum absolute atomic E-state index is 0.0725. The van der Waals surface area contributed by atoms with Crippen molar-refractivity contribution in [1.82, 2.24) is 0 Å². The van der Waals surface area contributed by atoms with Crippen molar-refractivity contribution >= 4 is 11.9 Å². The molecule has 3 aromatic rings. The van der Waals surface area contributed by atoms with Crippen LogP contribution in [0, 0.1) is 13.8 Å². The van der Waals surface area contributed by atoms with Crippen molar-refractivity contribution in [2.75, 3.05) is 0 Å². The highest BCUT2D eigenvalue weighted by Crippen LogP contribution is 2.41. The van der Waals surface area contributed by atoms with Gasteiger partial charge in [-0.05, 0) is 55.2 Å². The number of benzene rings is 3. The van der Waals surface area contributed by atoms with Crippen molar-refractivity contribution in [1.29, 1.82) is 0 Å². The van der Waals surface area contributed by atoms with Gasteiger partial charge in [0.05, 0.1) is 11.1 Å². The van der Waals surface area contributed by atoms with E-state index in [2.05, 4.69) is 0 Å². The molecule has 0 aliphatic rings. The highest BCUT2D eigenvalue weighted by Gasteiger charge is 2.24. The van der Waals surface area contributed by atoms with Crippen LogP contribution in [0.3, 0.4) is 0 Å². The number of hydrogen-bond acceptors (Lipinski definition) is 4. The van der Waals surface area contributed by atoms with Gasteiger partial charge in [0.1, 0.15) is 0 Å². The number of carbonyl (C=O) groups excluding carboxylic acids is 2. The lowest BCUT2D eigenvalue weighted by Crippen LogP contribution is -2.15. The van der Waals surface area contributed by atoms with Gasteiger partial charge in [-0.25, -0.2) is 9.59 Å². The van der Waals surface area contributed by atoms with E-state index in [1.165, 1.54) is 0 Å². The Morgan fingerprint density at radius 1 is 0.690 bits per heavy atom. The molecule has 0 aliphatic carbocycles. The zero-order valence-corrected chi connectivity index (χ0v) is 17.1. The largest absolute Gasteiger partial charge is 0.419 e. The van der Waals surface area contributed by atoms with Crippen LogP contribution in [0.15, 0.2) is 66.7 Å². The molecule has 0 amide bonds. The van der Waals surface area contributed by atoms with Crippen LogP contribution < -0.4 is 9.47 Å². The highest BCUT2D eigenvalue weighted by atomic mass is 16.6. The van der Waals surface area contributed by atoms with E-state index in [9.17, 15) is 9.59 Å². The minimum Gasteiger partial charge on any atom is -0.419 e. The summed E-state index contributed by atoms with van der Waals surface area (Å²) in [6.07, 6.45) is 0. The van der Waals surface area contributed by atoms with Crippen LogP contribution in [-0.2, 0) is 0 Å². The molecule has 0 spiro atoms. The third-order valence-electron chi connectivity index (χ3n) is 4.65. The van der Waals surface area contributed by atoms with Gasteiger partial charge in [0.15, 0.2) is 11.5 Å². The summed E-state index contributed by atoms with van der Waals surface area (Å²) in [4.78, 5) is 25.4. The van der Waals surface area contributed by atoms with Crippen molar-refractivity contribution in [2.24, 2.45) is 0 Å². The number of esters is 2. The molecule has 0 N–H and O–H groups in total. The number of hydrogen-bond donors (Lipinski definition) is 0. The molecule has 0 fully saturated rings. The van der Waals surface area contributed by atoms with Crippen molar-refractivity contribution in [2.45, 2.75) is 33.6 Å². The minimum atomic E-state index is -0.496. The predicted octanol–water partition coefficient (Wildman–Crippen LogP) is 5.87. The van der Waals surface area contributed by atoms with Crippen LogP contribution in [0.1, 0.15) is 57.2 Å². The van der Waals surface area contributed by atoms with Crippen LogP contribution in [-0.4, -0.2) is 11.9 Å². The summed E-state index contributed by atoms with van der Waals surface area (Å²) >= 11 is 0. The second-order valence-corrected chi connectivity index (χ2v) is 7.25. The fraction of sp³-hybridized carbons (Fsp3) is 0.200. The fourth-order valence-corrected chi connectivity index (χ4v) is 3.35. The van der Waals surface area contributed by atoms with E-state index in [4.69, 9.17) is 9.47 Å². The molecule has 29 heavy (non-hydrogen) atoms. The monoisotopic (exact) mass is 388 g/mol. The van der Waals surface area contributed by atoms with Gasteiger partial charge in [-0.15, -0.1) is 0 Å². The standard InChI is InChI=1S/C25H24O4/c1-16(2)21-17(3)15-18(4)22(28-24(26)19-11-7-5-8-12-19)23(21)29-25(27)20-13-9-6-10-14-20/h5-16H,1-4H3. The Labute approximate surface area is 171 Å². The van der Waals surface area contributed by atoms with Crippen molar-refractivity contribution in [3.05, 3.63) is 94.5 Å². The molecule has 0 aromatic heterocycles. The van der Waals surface area contributed by atoms with E-state index in [0.29, 0.717) is 16.9 Å². The van der Waals surface area contributed by atoms with Gasteiger partial charge in [-0.1, -0.05) is 56.3 Å². The van der Waals surface area contributed by atoms with Gasteiger partial charge >= 0.3 is 11.9 Å². The van der Waals surface area contributed by atoms with E-state index < -0.39 is 11.9 Å². The Kier molecular flexibility index (Phi) is 6.13. The first-order valence-electron chi connectivity index (χ1n) is 9.57. The summed E-state index contributed by atoms with van der Waals surface area (Å²) in [5, 5.41) is 0. The molecular weight excluding hydrogens is 364 g/mol. The summed E-state index contributed by atoms with van der Waals surface area (Å²) in [6, 6.07) is 19.5. The Hall–Kier alpha value is -3.40. The second-order valence-electron chi connectivity index (χ2n) is 7.25. The molecule has 0 atom stereocenters. The number of ether oxygens (including phenoxy) is 2. The summed E-state index contributed by atoms with van der Waals surface area (Å²) in [5.74, 6) is -0.338. The van der Waals surface area contributed by atoms with Crippen LogP contribution in [0.4, 0.5) is 0 Å². The lowest BCUT2D eigenvalue weighted by atomic mass is 9.94. The van der Waals surface area contributed by atoms with E-state index in [1.54, 1.807) is 48.5 Å². The van der Waals surface area contributed by atoms with Crippen LogP contribution in [0.2, 0.25) is 0 Å². The third-order valence-corrected chi connectivity index (χ3v) is 4.65. The molecule has 0 bridgehead atoms. The van der Waals surface area contributed by atoms with E-state index in [0.717, 1.165) is 16.7 Å². The molecule has 0 saturated heterocycles. The fourth-order valence-electron chi connectivity index (χ4n) is 3.35. The molecular formula is C25H24O4. The third kappa shape index (κ3) is 4.54. The lowest BCUT2D eigenvalue weighted by molar-refractivity contribution is 0.0679. The summed E-state index contributed by atoms with van der Waals surface area (Å²) in [5.41, 5.74) is 3.41. The van der Waals surface area contributed by atoms with E-state index in [-0.39, 0.29) is 11.7 Å². The first-order chi connectivity index (χ1) is 13.9. The zero-order valence-electron chi connectivity index (χ0n) is 17.1. The van der Waals surface area contributed by atoms with Gasteiger partial charge in [-0.3, -0.25) is 0 Å². The normalized spacial score (nSPS) is 10.7. The number of rotatable bonds is 5. The maximum Gasteiger partial charge on any atom is 0.343 e. The lowest BCUT2D eigenvalue weighted by Gasteiger charge is -2.21. The van der Waals surface area contributed by atoms with Crippen LogP contribution >= 0.6 is 0 Å². The second kappa shape index (κ2) is 8.74. The summed E-state index contributed by atoms with van der Waals surface area (Å²) in [7, 11) is 0. The number of aryl methyl sites for hydroxylation is 2. The van der Waals surface area contributed by atoms with Crippen molar-refractivity contribution in [3.8, 4) is 11.5 Å². The maximum absolute atomic E-state index is 12.8. The summed E-state index contributed by atoms with van der Waals surface area (Å²) < 4.78 is 11.5. The molecule has 148 valence electrons. The summed E-state index contributed by atoms with van der Waals surface area (Å²) in [6.45, 7) is 7.83. The quantitative estimate of drug-likeness (QED) is 0.405. The topological polar surface area (TPSA) is 52.6 Å². The van der Waals surface area contributed by atoms with Crippen LogP contribution in [0.5, 0.6) is 11.5 Å². The average molecular weight is 388 g/mol. The first kappa shape index (κ1) is 20.3. The average Bonchev–Trinajstić information content (AvgIpc) is 2.71. The van der Waals surface area contributed by atoms with Crippen molar-refractivity contribution < 1.29 is 19.1 Å². The van der Waals surface area contributed by atoms with Gasteiger partial charge < -0.3 is 9.47 Å². The SMILES string of the molecule is Cc1cc(C)c(C(C)C)c(OC(=O)c2ccccc2)c1OC(=O)c1ccccc1.